The smallest absolute Gasteiger partial charge is 0.262 e. The fraction of sp³-hybridized carbons (Fsp3) is 0.235. The van der Waals surface area contributed by atoms with Gasteiger partial charge in [0.05, 0.1) is 21.7 Å². The second-order valence-corrected chi connectivity index (χ2v) is 8.28. The number of pyridine rings is 1. The second-order valence-electron chi connectivity index (χ2n) is 6.51. The average Bonchev–Trinajstić information content (AvgIpc) is 2.87. The molecule has 0 fully saturated rings. The molecule has 9 nitrogen and oxygen atoms in total. The molecule has 2 aromatic rings. The highest BCUT2D eigenvalue weighted by atomic mass is 32.2. The molecule has 2 heterocycles. The number of nitrogens with two attached hydrogens (primary N) is 1. The Hall–Kier alpha value is -2.98. The number of hydrogen-bond donors (Lipinski definition) is 3. The monoisotopic (exact) mass is 390 g/mol. The molecule has 3 rings (SSSR count). The number of nitrogens with one attached hydrogen (secondary N) is 2. The molecule has 142 valence electrons. The molecule has 0 bridgehead atoms. The summed E-state index contributed by atoms with van der Waals surface area (Å²) in [7, 11) is -3.68. The number of benzene rings is 1. The Kier molecular flexibility index (Phi) is 4.62. The number of anilines is 1. The first-order chi connectivity index (χ1) is 12.6. The van der Waals surface area contributed by atoms with Crippen LogP contribution in [0.15, 0.2) is 40.0 Å². The highest BCUT2D eigenvalue weighted by Crippen LogP contribution is 2.23. The average molecular weight is 390 g/mol. The van der Waals surface area contributed by atoms with Crippen LogP contribution in [-0.2, 0) is 10.0 Å². The minimum atomic E-state index is -3.68. The van der Waals surface area contributed by atoms with Crippen LogP contribution in [0.5, 0.6) is 0 Å². The molecule has 0 spiro atoms. The first-order valence-electron chi connectivity index (χ1n) is 8.13. The summed E-state index contributed by atoms with van der Waals surface area (Å²) in [4.78, 5) is 36.0. The van der Waals surface area contributed by atoms with Crippen molar-refractivity contribution in [3.63, 3.8) is 0 Å². The molecule has 1 aromatic heterocycles. The van der Waals surface area contributed by atoms with Crippen LogP contribution >= 0.6 is 0 Å². The predicted molar refractivity (Wildman–Crippen MR) is 98.3 cm³/mol. The lowest BCUT2D eigenvalue weighted by molar-refractivity contribution is 0.0880. The summed E-state index contributed by atoms with van der Waals surface area (Å²) >= 11 is 0. The lowest BCUT2D eigenvalue weighted by Gasteiger charge is -2.13. The van der Waals surface area contributed by atoms with Crippen LogP contribution < -0.4 is 21.3 Å². The van der Waals surface area contributed by atoms with E-state index in [1.165, 1.54) is 24.3 Å². The van der Waals surface area contributed by atoms with E-state index in [2.05, 4.69) is 10.0 Å². The van der Waals surface area contributed by atoms with Crippen molar-refractivity contribution in [2.24, 2.45) is 5.92 Å². The first kappa shape index (κ1) is 18.8. The van der Waals surface area contributed by atoms with Crippen LogP contribution in [-0.4, -0.2) is 31.3 Å². The van der Waals surface area contributed by atoms with Gasteiger partial charge in [-0.15, -0.1) is 0 Å². The van der Waals surface area contributed by atoms with E-state index >= 15 is 0 Å². The lowest BCUT2D eigenvalue weighted by atomic mass is 10.1. The Morgan fingerprint density at radius 2 is 1.74 bits per heavy atom. The molecule has 0 atom stereocenters. The van der Waals surface area contributed by atoms with E-state index in [0.717, 1.165) is 10.6 Å². The number of sulfonamides is 1. The van der Waals surface area contributed by atoms with Gasteiger partial charge >= 0.3 is 0 Å². The van der Waals surface area contributed by atoms with Crippen LogP contribution in [0.25, 0.3) is 5.69 Å². The van der Waals surface area contributed by atoms with Gasteiger partial charge in [0.15, 0.2) is 0 Å². The summed E-state index contributed by atoms with van der Waals surface area (Å²) in [6, 6.07) is 6.51. The number of amides is 2. The normalized spacial score (nSPS) is 13.7. The van der Waals surface area contributed by atoms with Crippen LogP contribution in [0, 0.1) is 5.92 Å². The molecular weight excluding hydrogens is 372 g/mol. The number of fused-ring (bicyclic) bond motifs is 1. The number of nitrogen functional groups attached to an aromatic ring is 1. The third-order valence-corrected chi connectivity index (χ3v) is 5.48. The zero-order chi connectivity index (χ0) is 19.9. The summed E-state index contributed by atoms with van der Waals surface area (Å²) in [6.07, 6.45) is 0. The van der Waals surface area contributed by atoms with E-state index in [-0.39, 0.29) is 33.4 Å². The SMILES string of the molecule is CC(C)CNS(=O)(=O)c1ccc(-n2c(N)c3c(cc2=O)C(=O)NC3=O)cc1. The minimum absolute atomic E-state index is 0.0348. The first-order valence-corrected chi connectivity index (χ1v) is 9.61. The zero-order valence-corrected chi connectivity index (χ0v) is 15.5. The van der Waals surface area contributed by atoms with E-state index in [1.807, 2.05) is 13.8 Å². The molecule has 0 unspecified atom stereocenters. The van der Waals surface area contributed by atoms with Crippen LogP contribution in [0.2, 0.25) is 0 Å². The van der Waals surface area contributed by atoms with Crippen molar-refractivity contribution >= 4 is 27.7 Å². The molecule has 27 heavy (non-hydrogen) atoms. The standard InChI is InChI=1S/C17H18N4O5S/c1-9(2)8-19-27(25,26)11-5-3-10(4-6-11)21-13(22)7-12-14(15(21)18)17(24)20-16(12)23/h3-7,9,19H,8,18H2,1-2H3,(H,20,23,24). The Bertz CT molecular complexity index is 1100. The molecule has 1 aliphatic heterocycles. The van der Waals surface area contributed by atoms with Crippen LogP contribution in [0.1, 0.15) is 34.6 Å². The van der Waals surface area contributed by atoms with E-state index in [0.29, 0.717) is 6.54 Å². The molecule has 1 aliphatic rings. The maximum atomic E-state index is 12.4. The summed E-state index contributed by atoms with van der Waals surface area (Å²) in [5, 5.41) is 2.08. The molecule has 10 heteroatoms. The number of imide groups is 1. The number of nitrogens with zero attached hydrogens (tertiary/aromatic N) is 1. The van der Waals surface area contributed by atoms with E-state index < -0.39 is 27.4 Å². The number of carbonyl (C=O) groups excluding carboxylic acids is 2. The quantitative estimate of drug-likeness (QED) is 0.625. The largest absolute Gasteiger partial charge is 0.384 e. The predicted octanol–water partition coefficient (Wildman–Crippen LogP) is 0.238. The highest BCUT2D eigenvalue weighted by molar-refractivity contribution is 7.89. The van der Waals surface area contributed by atoms with Crippen molar-refractivity contribution in [1.29, 1.82) is 0 Å². The van der Waals surface area contributed by atoms with Gasteiger partial charge in [-0.2, -0.15) is 0 Å². The highest BCUT2D eigenvalue weighted by Gasteiger charge is 2.31. The molecule has 2 amide bonds. The maximum absolute atomic E-state index is 12.4. The number of carbonyl (C=O) groups is 2. The van der Waals surface area contributed by atoms with Crippen molar-refractivity contribution in [1.82, 2.24) is 14.6 Å². The third kappa shape index (κ3) is 3.36. The van der Waals surface area contributed by atoms with Gasteiger partial charge in [-0.1, -0.05) is 13.8 Å². The van der Waals surface area contributed by atoms with E-state index in [4.69, 9.17) is 5.73 Å². The Balaban J connectivity index is 2.02. The van der Waals surface area contributed by atoms with Crippen LogP contribution in [0.3, 0.4) is 0 Å². The van der Waals surface area contributed by atoms with Crippen molar-refractivity contribution in [3.8, 4) is 5.69 Å². The van der Waals surface area contributed by atoms with E-state index in [1.54, 1.807) is 0 Å². The summed E-state index contributed by atoms with van der Waals surface area (Å²) in [5.74, 6) is -1.39. The molecule has 1 aromatic carbocycles. The summed E-state index contributed by atoms with van der Waals surface area (Å²) in [6.45, 7) is 4.07. The van der Waals surface area contributed by atoms with Gasteiger partial charge in [0.2, 0.25) is 10.0 Å². The van der Waals surface area contributed by atoms with Gasteiger partial charge in [-0.05, 0) is 30.2 Å². The molecule has 0 radical (unpaired) electrons. The fourth-order valence-corrected chi connectivity index (χ4v) is 3.89. The minimum Gasteiger partial charge on any atom is -0.384 e. The van der Waals surface area contributed by atoms with Crippen molar-refractivity contribution in [2.75, 3.05) is 12.3 Å². The van der Waals surface area contributed by atoms with Crippen molar-refractivity contribution in [3.05, 3.63) is 51.8 Å². The summed E-state index contributed by atoms with van der Waals surface area (Å²) in [5.41, 5.74) is 5.46. The number of rotatable bonds is 5. The number of aromatic nitrogens is 1. The third-order valence-electron chi connectivity index (χ3n) is 4.04. The number of hydrogen-bond acceptors (Lipinski definition) is 6. The Morgan fingerprint density at radius 3 is 2.33 bits per heavy atom. The molecule has 0 saturated heterocycles. The van der Waals surface area contributed by atoms with Crippen LogP contribution in [0.4, 0.5) is 5.82 Å². The van der Waals surface area contributed by atoms with Gasteiger partial charge in [-0.25, -0.2) is 13.1 Å². The van der Waals surface area contributed by atoms with Gasteiger partial charge in [0, 0.05) is 12.6 Å². The van der Waals surface area contributed by atoms with Gasteiger partial charge in [-0.3, -0.25) is 24.3 Å². The molecular formula is C17H18N4O5S. The molecule has 4 N–H and O–H groups in total. The molecule has 0 aliphatic carbocycles. The second kappa shape index (κ2) is 6.63. The zero-order valence-electron chi connectivity index (χ0n) is 14.6. The van der Waals surface area contributed by atoms with Crippen molar-refractivity contribution < 1.29 is 18.0 Å². The summed E-state index contributed by atoms with van der Waals surface area (Å²) < 4.78 is 28.1. The maximum Gasteiger partial charge on any atom is 0.262 e. The fourth-order valence-electron chi connectivity index (χ4n) is 2.68. The Morgan fingerprint density at radius 1 is 1.11 bits per heavy atom. The molecule has 0 saturated carbocycles. The Labute approximate surface area is 155 Å². The van der Waals surface area contributed by atoms with Gasteiger partial charge in [0.1, 0.15) is 5.82 Å². The van der Waals surface area contributed by atoms with Gasteiger partial charge < -0.3 is 5.73 Å². The van der Waals surface area contributed by atoms with E-state index in [9.17, 15) is 22.8 Å². The van der Waals surface area contributed by atoms with Crippen molar-refractivity contribution in [2.45, 2.75) is 18.7 Å². The topological polar surface area (TPSA) is 140 Å². The van der Waals surface area contributed by atoms with Gasteiger partial charge in [0.25, 0.3) is 17.4 Å². The lowest BCUT2D eigenvalue weighted by Crippen LogP contribution is -2.27.